The highest BCUT2D eigenvalue weighted by Crippen LogP contribution is 2.16. The van der Waals surface area contributed by atoms with E-state index in [-0.39, 0.29) is 22.4 Å². The summed E-state index contributed by atoms with van der Waals surface area (Å²) >= 11 is 11.5. The number of carbonyl (C=O) groups is 1. The zero-order valence-corrected chi connectivity index (χ0v) is 10.1. The summed E-state index contributed by atoms with van der Waals surface area (Å²) in [5.41, 5.74) is 0.103. The zero-order valence-electron chi connectivity index (χ0n) is 8.61. The lowest BCUT2D eigenvalue weighted by atomic mass is 10.3. The Hall–Kier alpha value is -1.52. The van der Waals surface area contributed by atoms with E-state index in [1.165, 1.54) is 18.4 Å². The fourth-order valence-corrected chi connectivity index (χ4v) is 1.58. The highest BCUT2D eigenvalue weighted by molar-refractivity contribution is 6.34. The molecule has 0 radical (unpaired) electrons. The fourth-order valence-electron chi connectivity index (χ4n) is 1.24. The number of hydrogen-bond donors (Lipinski definition) is 1. The molecule has 17 heavy (non-hydrogen) atoms. The Morgan fingerprint density at radius 1 is 1.35 bits per heavy atom. The van der Waals surface area contributed by atoms with Gasteiger partial charge in [-0.15, -0.1) is 0 Å². The van der Waals surface area contributed by atoms with Gasteiger partial charge in [0.25, 0.3) is 5.91 Å². The average Bonchev–Trinajstić information content (AvgIpc) is 2.82. The normalized spacial score (nSPS) is 10.2. The molecule has 4 nitrogen and oxygen atoms in total. The van der Waals surface area contributed by atoms with Crippen molar-refractivity contribution in [3.8, 4) is 0 Å². The van der Waals surface area contributed by atoms with Crippen molar-refractivity contribution in [2.24, 2.45) is 0 Å². The molecule has 0 aliphatic rings. The molecule has 2 aromatic heterocycles. The van der Waals surface area contributed by atoms with Crippen molar-refractivity contribution in [1.29, 1.82) is 0 Å². The zero-order chi connectivity index (χ0) is 12.3. The number of furan rings is 1. The quantitative estimate of drug-likeness (QED) is 0.873. The Labute approximate surface area is 108 Å². The van der Waals surface area contributed by atoms with Crippen LogP contribution in [0.3, 0.4) is 0 Å². The van der Waals surface area contributed by atoms with Crippen LogP contribution < -0.4 is 5.32 Å². The van der Waals surface area contributed by atoms with Crippen molar-refractivity contribution >= 4 is 29.1 Å². The minimum Gasteiger partial charge on any atom is -0.467 e. The van der Waals surface area contributed by atoms with Crippen LogP contribution in [0.5, 0.6) is 0 Å². The van der Waals surface area contributed by atoms with Crippen molar-refractivity contribution in [2.45, 2.75) is 6.54 Å². The van der Waals surface area contributed by atoms with E-state index in [0.717, 1.165) is 0 Å². The summed E-state index contributed by atoms with van der Waals surface area (Å²) in [6.07, 6.45) is 1.53. The predicted octanol–water partition coefficient (Wildman–Crippen LogP) is 2.91. The van der Waals surface area contributed by atoms with Crippen molar-refractivity contribution in [3.63, 3.8) is 0 Å². The second-order valence-electron chi connectivity index (χ2n) is 3.23. The maximum absolute atomic E-state index is 11.8. The van der Waals surface area contributed by atoms with Gasteiger partial charge >= 0.3 is 0 Å². The van der Waals surface area contributed by atoms with Crippen LogP contribution in [0.15, 0.2) is 34.9 Å². The summed E-state index contributed by atoms with van der Waals surface area (Å²) in [6.45, 7) is 0.274. The highest BCUT2D eigenvalue weighted by Gasteiger charge is 2.12. The molecular weight excluding hydrogens is 263 g/mol. The van der Waals surface area contributed by atoms with Crippen molar-refractivity contribution in [2.75, 3.05) is 0 Å². The fraction of sp³-hybridized carbons (Fsp3) is 0.0909. The average molecular weight is 271 g/mol. The van der Waals surface area contributed by atoms with E-state index < -0.39 is 5.91 Å². The Bertz CT molecular complexity index is 526. The molecule has 0 aliphatic heterocycles. The molecule has 0 atom stereocenters. The lowest BCUT2D eigenvalue weighted by Gasteiger charge is -2.04. The van der Waals surface area contributed by atoms with Crippen LogP contribution in [0.4, 0.5) is 0 Å². The van der Waals surface area contributed by atoms with Crippen LogP contribution in [0, 0.1) is 0 Å². The van der Waals surface area contributed by atoms with Crippen LogP contribution in [-0.4, -0.2) is 10.9 Å². The maximum Gasteiger partial charge on any atom is 0.271 e. The number of carbonyl (C=O) groups excluding carboxylic acids is 1. The first-order chi connectivity index (χ1) is 8.16. The molecule has 0 aromatic carbocycles. The van der Waals surface area contributed by atoms with Gasteiger partial charge in [0.1, 0.15) is 16.6 Å². The number of halogens is 2. The predicted molar refractivity (Wildman–Crippen MR) is 64.1 cm³/mol. The SMILES string of the molecule is O=C(NCc1ccco1)c1nc(Cl)ccc1Cl. The second kappa shape index (κ2) is 5.21. The van der Waals surface area contributed by atoms with Crippen LogP contribution >= 0.6 is 23.2 Å². The van der Waals surface area contributed by atoms with E-state index in [2.05, 4.69) is 10.3 Å². The molecule has 0 fully saturated rings. The largest absolute Gasteiger partial charge is 0.467 e. The third-order valence-corrected chi connectivity index (χ3v) is 2.55. The van der Waals surface area contributed by atoms with Gasteiger partial charge in [0, 0.05) is 0 Å². The van der Waals surface area contributed by atoms with Gasteiger partial charge in [-0.25, -0.2) is 4.98 Å². The lowest BCUT2D eigenvalue weighted by molar-refractivity contribution is 0.0943. The molecule has 2 heterocycles. The van der Waals surface area contributed by atoms with Gasteiger partial charge in [-0.1, -0.05) is 23.2 Å². The van der Waals surface area contributed by atoms with Gasteiger partial charge < -0.3 is 9.73 Å². The first-order valence-electron chi connectivity index (χ1n) is 4.79. The van der Waals surface area contributed by atoms with Crippen LogP contribution in [0.1, 0.15) is 16.2 Å². The third-order valence-electron chi connectivity index (χ3n) is 2.03. The van der Waals surface area contributed by atoms with E-state index in [0.29, 0.717) is 5.76 Å². The first-order valence-corrected chi connectivity index (χ1v) is 5.55. The highest BCUT2D eigenvalue weighted by atomic mass is 35.5. The van der Waals surface area contributed by atoms with Crippen molar-refractivity contribution < 1.29 is 9.21 Å². The molecule has 0 unspecified atom stereocenters. The van der Waals surface area contributed by atoms with E-state index in [1.54, 1.807) is 12.1 Å². The van der Waals surface area contributed by atoms with E-state index in [1.807, 2.05) is 0 Å². The van der Waals surface area contributed by atoms with E-state index >= 15 is 0 Å². The van der Waals surface area contributed by atoms with Gasteiger partial charge in [0.05, 0.1) is 17.8 Å². The molecular formula is C11H8Cl2N2O2. The molecule has 88 valence electrons. The standard InChI is InChI=1S/C11H8Cl2N2O2/c12-8-3-4-9(13)15-10(8)11(16)14-6-7-2-1-5-17-7/h1-5H,6H2,(H,14,16). The Morgan fingerprint density at radius 2 is 2.18 bits per heavy atom. The van der Waals surface area contributed by atoms with Gasteiger partial charge in [-0.3, -0.25) is 4.79 Å². The molecule has 1 N–H and O–H groups in total. The number of amides is 1. The molecule has 0 saturated carbocycles. The van der Waals surface area contributed by atoms with E-state index in [9.17, 15) is 4.79 Å². The summed E-state index contributed by atoms with van der Waals surface area (Å²) < 4.78 is 5.08. The number of nitrogens with zero attached hydrogens (tertiary/aromatic N) is 1. The topological polar surface area (TPSA) is 55.1 Å². The van der Waals surface area contributed by atoms with Gasteiger partial charge in [-0.2, -0.15) is 0 Å². The molecule has 0 spiro atoms. The monoisotopic (exact) mass is 270 g/mol. The summed E-state index contributed by atoms with van der Waals surface area (Å²) in [7, 11) is 0. The molecule has 6 heteroatoms. The minimum absolute atomic E-state index is 0.103. The van der Waals surface area contributed by atoms with Gasteiger partial charge in [-0.05, 0) is 24.3 Å². The summed E-state index contributed by atoms with van der Waals surface area (Å²) in [6, 6.07) is 6.55. The number of nitrogens with one attached hydrogen (secondary N) is 1. The summed E-state index contributed by atoms with van der Waals surface area (Å²) in [5, 5.41) is 3.11. The Morgan fingerprint density at radius 3 is 2.88 bits per heavy atom. The summed E-state index contributed by atoms with van der Waals surface area (Å²) in [5.74, 6) is 0.255. The first kappa shape index (κ1) is 12.0. The molecule has 0 aliphatic carbocycles. The van der Waals surface area contributed by atoms with E-state index in [4.69, 9.17) is 27.6 Å². The van der Waals surface area contributed by atoms with Crippen LogP contribution in [0.25, 0.3) is 0 Å². The van der Waals surface area contributed by atoms with Crippen molar-refractivity contribution in [3.05, 3.63) is 52.2 Å². The van der Waals surface area contributed by atoms with Crippen LogP contribution in [0.2, 0.25) is 10.2 Å². The third kappa shape index (κ3) is 2.99. The number of hydrogen-bond acceptors (Lipinski definition) is 3. The molecule has 0 saturated heterocycles. The lowest BCUT2D eigenvalue weighted by Crippen LogP contribution is -2.24. The number of rotatable bonds is 3. The summed E-state index contributed by atoms with van der Waals surface area (Å²) in [4.78, 5) is 15.6. The van der Waals surface area contributed by atoms with Crippen molar-refractivity contribution in [1.82, 2.24) is 10.3 Å². The number of aromatic nitrogens is 1. The molecule has 1 amide bonds. The Balaban J connectivity index is 2.07. The Kier molecular flexibility index (Phi) is 3.66. The number of pyridine rings is 1. The van der Waals surface area contributed by atoms with Gasteiger partial charge in [0.15, 0.2) is 0 Å². The molecule has 2 rings (SSSR count). The van der Waals surface area contributed by atoms with Crippen LogP contribution in [-0.2, 0) is 6.54 Å². The smallest absolute Gasteiger partial charge is 0.271 e. The second-order valence-corrected chi connectivity index (χ2v) is 4.02. The van der Waals surface area contributed by atoms with Gasteiger partial charge in [0.2, 0.25) is 0 Å². The minimum atomic E-state index is -0.395. The maximum atomic E-state index is 11.8. The molecule has 0 bridgehead atoms. The molecule has 2 aromatic rings.